The molecule has 1 amide bonds. The third-order valence-corrected chi connectivity index (χ3v) is 1.08. The lowest BCUT2D eigenvalue weighted by Crippen LogP contribution is -2.15. The van der Waals surface area contributed by atoms with Gasteiger partial charge in [-0.3, -0.25) is 9.47 Å². The van der Waals surface area contributed by atoms with Crippen LogP contribution >= 0.6 is 0 Å². The predicted octanol–water partition coefficient (Wildman–Crippen LogP) is 0.160. The quantitative estimate of drug-likeness (QED) is 0.544. The van der Waals surface area contributed by atoms with Gasteiger partial charge in [-0.2, -0.15) is 0 Å². The number of hydrogen-bond donors (Lipinski definition) is 2. The second-order valence-electron chi connectivity index (χ2n) is 1.98. The molecule has 0 aliphatic carbocycles. The standard InChI is InChI=1S/C6H9N3O/c1-5(10)8-6-3-2-4-9(6)7/h2-4H,7H2,1H3,(H,8,10). The molecule has 0 aliphatic heterocycles. The first kappa shape index (κ1) is 6.67. The molecule has 0 saturated heterocycles. The van der Waals surface area contributed by atoms with Gasteiger partial charge in [-0.25, -0.2) is 0 Å². The van der Waals surface area contributed by atoms with Crippen molar-refractivity contribution >= 4 is 11.7 Å². The zero-order valence-electron chi connectivity index (χ0n) is 5.66. The van der Waals surface area contributed by atoms with Crippen molar-refractivity contribution < 1.29 is 4.79 Å². The summed E-state index contributed by atoms with van der Waals surface area (Å²) < 4.78 is 1.35. The molecule has 0 spiro atoms. The first-order valence-corrected chi connectivity index (χ1v) is 2.90. The number of anilines is 1. The molecule has 0 aromatic carbocycles. The molecule has 1 aromatic rings. The smallest absolute Gasteiger partial charge is 0.222 e. The van der Waals surface area contributed by atoms with Crippen LogP contribution in [0.3, 0.4) is 0 Å². The molecule has 1 heterocycles. The van der Waals surface area contributed by atoms with Gasteiger partial charge in [-0.05, 0) is 12.1 Å². The van der Waals surface area contributed by atoms with Gasteiger partial charge in [0.1, 0.15) is 5.82 Å². The molecule has 0 saturated carbocycles. The van der Waals surface area contributed by atoms with Crippen molar-refractivity contribution in [2.45, 2.75) is 6.92 Å². The molecule has 0 unspecified atom stereocenters. The maximum absolute atomic E-state index is 10.5. The van der Waals surface area contributed by atoms with E-state index in [1.54, 1.807) is 18.3 Å². The van der Waals surface area contributed by atoms with E-state index in [2.05, 4.69) is 5.32 Å². The van der Waals surface area contributed by atoms with Gasteiger partial charge in [0.05, 0.1) is 0 Å². The number of carbonyl (C=O) groups excluding carboxylic acids is 1. The molecular formula is C6H9N3O. The lowest BCUT2D eigenvalue weighted by Gasteiger charge is -2.01. The highest BCUT2D eigenvalue weighted by Gasteiger charge is 1.96. The predicted molar refractivity (Wildman–Crippen MR) is 38.9 cm³/mol. The number of hydrogen-bond acceptors (Lipinski definition) is 2. The van der Waals surface area contributed by atoms with Crippen LogP contribution in [-0.2, 0) is 4.79 Å². The summed E-state index contributed by atoms with van der Waals surface area (Å²) in [5.74, 6) is 5.87. The number of nitrogens with zero attached hydrogens (tertiary/aromatic N) is 1. The van der Waals surface area contributed by atoms with Crippen molar-refractivity contribution in [3.05, 3.63) is 18.3 Å². The van der Waals surface area contributed by atoms with Crippen LogP contribution in [0.15, 0.2) is 18.3 Å². The molecule has 4 heteroatoms. The monoisotopic (exact) mass is 139 g/mol. The number of carbonyl (C=O) groups is 1. The third-order valence-electron chi connectivity index (χ3n) is 1.08. The maximum atomic E-state index is 10.5. The van der Waals surface area contributed by atoms with Crippen LogP contribution in [0, 0.1) is 0 Å². The molecule has 10 heavy (non-hydrogen) atoms. The zero-order chi connectivity index (χ0) is 7.56. The molecule has 0 fully saturated rings. The minimum Gasteiger partial charge on any atom is -0.338 e. The lowest BCUT2D eigenvalue weighted by molar-refractivity contribution is -0.114. The van der Waals surface area contributed by atoms with E-state index in [1.807, 2.05) is 0 Å². The van der Waals surface area contributed by atoms with Crippen molar-refractivity contribution in [3.8, 4) is 0 Å². The van der Waals surface area contributed by atoms with Crippen LogP contribution in [0.5, 0.6) is 0 Å². The summed E-state index contributed by atoms with van der Waals surface area (Å²) >= 11 is 0. The first-order valence-electron chi connectivity index (χ1n) is 2.90. The van der Waals surface area contributed by atoms with Crippen molar-refractivity contribution in [2.75, 3.05) is 11.2 Å². The minimum atomic E-state index is -0.120. The van der Waals surface area contributed by atoms with Crippen molar-refractivity contribution in [2.24, 2.45) is 0 Å². The van der Waals surface area contributed by atoms with Crippen molar-refractivity contribution in [3.63, 3.8) is 0 Å². The highest BCUT2D eigenvalue weighted by Crippen LogP contribution is 2.02. The first-order chi connectivity index (χ1) is 4.70. The van der Waals surface area contributed by atoms with E-state index in [-0.39, 0.29) is 5.91 Å². The molecule has 0 aliphatic rings. The lowest BCUT2D eigenvalue weighted by atomic mass is 10.6. The number of rotatable bonds is 1. The fraction of sp³-hybridized carbons (Fsp3) is 0.167. The van der Waals surface area contributed by atoms with Gasteiger partial charge in [-0.15, -0.1) is 0 Å². The largest absolute Gasteiger partial charge is 0.338 e. The Labute approximate surface area is 58.6 Å². The van der Waals surface area contributed by atoms with Crippen molar-refractivity contribution in [1.29, 1.82) is 0 Å². The van der Waals surface area contributed by atoms with E-state index in [9.17, 15) is 4.79 Å². The molecule has 54 valence electrons. The van der Waals surface area contributed by atoms with Gasteiger partial charge >= 0.3 is 0 Å². The Kier molecular flexibility index (Phi) is 1.62. The van der Waals surface area contributed by atoms with E-state index in [0.29, 0.717) is 5.82 Å². The van der Waals surface area contributed by atoms with Crippen LogP contribution < -0.4 is 11.2 Å². The van der Waals surface area contributed by atoms with Crippen LogP contribution in [0.1, 0.15) is 6.92 Å². The second kappa shape index (κ2) is 2.43. The summed E-state index contributed by atoms with van der Waals surface area (Å²) in [4.78, 5) is 10.5. The highest BCUT2D eigenvalue weighted by molar-refractivity contribution is 5.87. The Hall–Kier alpha value is -1.45. The molecule has 0 bridgehead atoms. The van der Waals surface area contributed by atoms with Crippen LogP contribution in [0.2, 0.25) is 0 Å². The number of nitrogens with one attached hydrogen (secondary N) is 1. The highest BCUT2D eigenvalue weighted by atomic mass is 16.1. The summed E-state index contributed by atoms with van der Waals surface area (Å²) in [6.07, 6.45) is 1.66. The fourth-order valence-electron chi connectivity index (χ4n) is 0.680. The van der Waals surface area contributed by atoms with E-state index in [0.717, 1.165) is 0 Å². The maximum Gasteiger partial charge on any atom is 0.222 e. The SMILES string of the molecule is CC(=O)Nc1cccn1N. The van der Waals surface area contributed by atoms with E-state index >= 15 is 0 Å². The average molecular weight is 139 g/mol. The fourth-order valence-corrected chi connectivity index (χ4v) is 0.680. The minimum absolute atomic E-state index is 0.120. The third kappa shape index (κ3) is 1.28. The van der Waals surface area contributed by atoms with Crippen LogP contribution in [0.4, 0.5) is 5.82 Å². The normalized spacial score (nSPS) is 9.30. The van der Waals surface area contributed by atoms with E-state index in [1.165, 1.54) is 11.6 Å². The Morgan fingerprint density at radius 1 is 1.80 bits per heavy atom. The number of aromatic nitrogens is 1. The Bertz CT molecular complexity index is 241. The molecule has 1 aromatic heterocycles. The Balaban J connectivity index is 2.74. The number of nitrogen functional groups attached to an aromatic ring is 1. The second-order valence-corrected chi connectivity index (χ2v) is 1.98. The van der Waals surface area contributed by atoms with Gasteiger partial charge in [0.25, 0.3) is 0 Å². The molecule has 1 rings (SSSR count). The molecule has 3 N–H and O–H groups in total. The zero-order valence-corrected chi connectivity index (χ0v) is 5.66. The van der Waals surface area contributed by atoms with Gasteiger partial charge in [0.2, 0.25) is 5.91 Å². The Morgan fingerprint density at radius 3 is 2.90 bits per heavy atom. The van der Waals surface area contributed by atoms with Crippen molar-refractivity contribution in [1.82, 2.24) is 4.68 Å². The van der Waals surface area contributed by atoms with Gasteiger partial charge in [-0.1, -0.05) is 0 Å². The van der Waals surface area contributed by atoms with E-state index in [4.69, 9.17) is 5.84 Å². The summed E-state index contributed by atoms with van der Waals surface area (Å²) in [6, 6.07) is 3.48. The van der Waals surface area contributed by atoms with Gasteiger partial charge < -0.3 is 11.2 Å². The average Bonchev–Trinajstić information content (AvgIpc) is 2.15. The van der Waals surface area contributed by atoms with Gasteiger partial charge in [0, 0.05) is 13.1 Å². The van der Waals surface area contributed by atoms with Gasteiger partial charge in [0.15, 0.2) is 0 Å². The molecule has 0 radical (unpaired) electrons. The summed E-state index contributed by atoms with van der Waals surface area (Å²) in [5.41, 5.74) is 0. The molecule has 4 nitrogen and oxygen atoms in total. The summed E-state index contributed by atoms with van der Waals surface area (Å²) in [7, 11) is 0. The number of amides is 1. The molecule has 0 atom stereocenters. The summed E-state index contributed by atoms with van der Waals surface area (Å²) in [5, 5.41) is 2.55. The van der Waals surface area contributed by atoms with Crippen LogP contribution in [-0.4, -0.2) is 10.6 Å². The van der Waals surface area contributed by atoms with Crippen LogP contribution in [0.25, 0.3) is 0 Å². The topological polar surface area (TPSA) is 60.0 Å². The summed E-state index contributed by atoms with van der Waals surface area (Å²) in [6.45, 7) is 1.44. The molecular weight excluding hydrogens is 130 g/mol. The number of nitrogens with two attached hydrogens (primary N) is 1. The Morgan fingerprint density at radius 2 is 2.50 bits per heavy atom. The van der Waals surface area contributed by atoms with E-state index < -0.39 is 0 Å².